The highest BCUT2D eigenvalue weighted by atomic mass is 35.5. The molecule has 10 nitrogen and oxygen atoms in total. The first kappa shape index (κ1) is 28.3. The Balaban J connectivity index is 1.32. The lowest BCUT2D eigenvalue weighted by Crippen LogP contribution is -2.43. The van der Waals surface area contributed by atoms with E-state index >= 15 is 4.39 Å². The molecule has 0 aromatic carbocycles. The monoisotopic (exact) mass is 568 g/mol. The number of rotatable bonds is 12. The number of amides is 2. The summed E-state index contributed by atoms with van der Waals surface area (Å²) in [4.78, 5) is 33.2. The number of carbonyl (C=O) groups excluding carboxylic acids is 2. The van der Waals surface area contributed by atoms with Crippen LogP contribution in [0.1, 0.15) is 56.9 Å². The van der Waals surface area contributed by atoms with Crippen molar-refractivity contribution in [2.45, 2.75) is 64.1 Å². The molecule has 0 spiro atoms. The van der Waals surface area contributed by atoms with Crippen LogP contribution in [0.3, 0.4) is 0 Å². The standard InChI is InChI=1S/C25H34ClFN6O4S/c26-24-30-21(28-10-8-17-9-12-38-15-17)20(27)22(31-24)32-33-23(34)18(13-16-5-1-2-6-16)14-29-25(35)37-19-7-3-4-11-36-19/h9,12,15-16,18-19H,1-8,10-11,13-14H2,(H,29,35)(H,33,34)(H2,28,30,31,32)/t18-,19?/m1/s1. The highest BCUT2D eigenvalue weighted by Crippen LogP contribution is 2.30. The van der Waals surface area contributed by atoms with Gasteiger partial charge in [0.2, 0.25) is 23.3 Å². The molecule has 1 aliphatic carbocycles. The predicted octanol–water partition coefficient (Wildman–Crippen LogP) is 4.88. The largest absolute Gasteiger partial charge is 0.420 e. The molecule has 2 aliphatic rings. The molecule has 2 aromatic rings. The zero-order valence-electron chi connectivity index (χ0n) is 21.1. The average Bonchev–Trinajstić information content (AvgIpc) is 3.62. The average molecular weight is 569 g/mol. The van der Waals surface area contributed by atoms with Gasteiger partial charge in [0.25, 0.3) is 0 Å². The summed E-state index contributed by atoms with van der Waals surface area (Å²) >= 11 is 7.60. The summed E-state index contributed by atoms with van der Waals surface area (Å²) in [5.74, 6) is -1.64. The van der Waals surface area contributed by atoms with Crippen molar-refractivity contribution in [2.24, 2.45) is 11.8 Å². The maximum atomic E-state index is 15.0. The number of alkyl carbamates (subject to hydrolysis) is 1. The normalized spacial score (nSPS) is 18.5. The molecule has 0 radical (unpaired) electrons. The Bertz CT molecular complexity index is 1050. The van der Waals surface area contributed by atoms with Crippen LogP contribution in [0.4, 0.5) is 20.8 Å². The third kappa shape index (κ3) is 8.67. The molecule has 0 bridgehead atoms. The van der Waals surface area contributed by atoms with Gasteiger partial charge in [0.1, 0.15) is 0 Å². The van der Waals surface area contributed by atoms with Crippen LogP contribution in [0.2, 0.25) is 5.28 Å². The zero-order chi connectivity index (χ0) is 26.7. The van der Waals surface area contributed by atoms with E-state index in [-0.39, 0.29) is 23.5 Å². The second-order valence-corrected chi connectivity index (χ2v) is 10.7. The molecule has 2 atom stereocenters. The van der Waals surface area contributed by atoms with Gasteiger partial charge in [0, 0.05) is 19.5 Å². The summed E-state index contributed by atoms with van der Waals surface area (Å²) in [6, 6.07) is 2.00. The summed E-state index contributed by atoms with van der Waals surface area (Å²) in [7, 11) is 0. The summed E-state index contributed by atoms with van der Waals surface area (Å²) in [6.07, 6.45) is 6.95. The molecule has 2 amide bonds. The van der Waals surface area contributed by atoms with Gasteiger partial charge in [-0.15, -0.1) is 0 Å². The maximum absolute atomic E-state index is 15.0. The van der Waals surface area contributed by atoms with E-state index < -0.39 is 30.0 Å². The Hall–Kier alpha value is -2.70. The van der Waals surface area contributed by atoms with Crippen molar-refractivity contribution in [3.8, 4) is 0 Å². The molecule has 3 heterocycles. The fraction of sp³-hybridized carbons (Fsp3) is 0.600. The van der Waals surface area contributed by atoms with Crippen LogP contribution < -0.4 is 21.5 Å². The van der Waals surface area contributed by atoms with E-state index in [0.29, 0.717) is 38.3 Å². The minimum atomic E-state index is -0.762. The minimum Gasteiger partial charge on any atom is -0.420 e. The molecule has 2 aromatic heterocycles. The van der Waals surface area contributed by atoms with E-state index in [2.05, 4.69) is 31.5 Å². The number of nitrogens with one attached hydrogen (secondary N) is 4. The molecule has 2 fully saturated rings. The van der Waals surface area contributed by atoms with E-state index in [1.165, 1.54) is 0 Å². The van der Waals surface area contributed by atoms with Crippen molar-refractivity contribution in [1.82, 2.24) is 20.7 Å². The van der Waals surface area contributed by atoms with Gasteiger partial charge in [-0.1, -0.05) is 25.7 Å². The zero-order valence-corrected chi connectivity index (χ0v) is 22.7. The van der Waals surface area contributed by atoms with Crippen LogP contribution in [0.5, 0.6) is 0 Å². The van der Waals surface area contributed by atoms with Crippen LogP contribution in [-0.2, 0) is 20.7 Å². The van der Waals surface area contributed by atoms with Gasteiger partial charge in [-0.05, 0) is 65.6 Å². The van der Waals surface area contributed by atoms with Gasteiger partial charge in [-0.25, -0.2) is 4.79 Å². The number of ether oxygens (including phenoxy) is 2. The van der Waals surface area contributed by atoms with Crippen molar-refractivity contribution in [3.63, 3.8) is 0 Å². The van der Waals surface area contributed by atoms with Crippen LogP contribution in [0, 0.1) is 17.7 Å². The molecule has 13 heteroatoms. The molecule has 1 saturated heterocycles. The number of carbonyl (C=O) groups is 2. The van der Waals surface area contributed by atoms with Crippen molar-refractivity contribution in [3.05, 3.63) is 33.5 Å². The lowest BCUT2D eigenvalue weighted by Gasteiger charge is -2.24. The van der Waals surface area contributed by atoms with Gasteiger partial charge >= 0.3 is 6.09 Å². The summed E-state index contributed by atoms with van der Waals surface area (Å²) in [5, 5.41) is 9.45. The van der Waals surface area contributed by atoms with Gasteiger partial charge in [0.05, 0.1) is 12.5 Å². The first-order valence-electron chi connectivity index (χ1n) is 13.1. The minimum absolute atomic E-state index is 0.0613. The van der Waals surface area contributed by atoms with Gasteiger partial charge < -0.3 is 20.1 Å². The number of aromatic nitrogens is 2. The Morgan fingerprint density at radius 3 is 2.71 bits per heavy atom. The second-order valence-electron chi connectivity index (χ2n) is 9.59. The predicted molar refractivity (Wildman–Crippen MR) is 143 cm³/mol. The summed E-state index contributed by atoms with van der Waals surface area (Å²) < 4.78 is 25.8. The molecule has 1 aliphatic heterocycles. The van der Waals surface area contributed by atoms with E-state index in [1.54, 1.807) is 11.3 Å². The Kier molecular flexibility index (Phi) is 10.8. The highest BCUT2D eigenvalue weighted by Gasteiger charge is 2.27. The molecule has 1 unspecified atom stereocenters. The van der Waals surface area contributed by atoms with Crippen molar-refractivity contribution >= 4 is 46.6 Å². The number of halogens is 2. The Morgan fingerprint density at radius 1 is 1.18 bits per heavy atom. The van der Waals surface area contributed by atoms with Crippen LogP contribution in [-0.4, -0.2) is 48.0 Å². The lowest BCUT2D eigenvalue weighted by molar-refractivity contribution is -0.127. The fourth-order valence-corrected chi connectivity index (χ4v) is 5.58. The topological polar surface area (TPSA) is 127 Å². The second kappa shape index (κ2) is 14.5. The van der Waals surface area contributed by atoms with Gasteiger partial charge in [-0.2, -0.15) is 25.7 Å². The Labute approximate surface area is 230 Å². The third-order valence-electron chi connectivity index (χ3n) is 6.75. The van der Waals surface area contributed by atoms with Gasteiger partial charge in [-0.3, -0.25) is 15.6 Å². The fourth-order valence-electron chi connectivity index (χ4n) is 4.71. The summed E-state index contributed by atoms with van der Waals surface area (Å²) in [5.41, 5.74) is 6.21. The van der Waals surface area contributed by atoms with Gasteiger partial charge in [0.15, 0.2) is 11.6 Å². The number of anilines is 2. The van der Waals surface area contributed by atoms with Crippen LogP contribution in [0.15, 0.2) is 16.8 Å². The number of hydrogen-bond acceptors (Lipinski definition) is 9. The molecule has 4 rings (SSSR count). The molecule has 1 saturated carbocycles. The molecule has 38 heavy (non-hydrogen) atoms. The maximum Gasteiger partial charge on any atom is 0.409 e. The number of nitrogens with zero attached hydrogens (tertiary/aromatic N) is 2. The smallest absolute Gasteiger partial charge is 0.409 e. The quantitative estimate of drug-likeness (QED) is 0.211. The third-order valence-corrected chi connectivity index (χ3v) is 7.65. The van der Waals surface area contributed by atoms with Crippen molar-refractivity contribution < 1.29 is 23.5 Å². The van der Waals surface area contributed by atoms with E-state index in [9.17, 15) is 9.59 Å². The first-order chi connectivity index (χ1) is 18.5. The molecular formula is C25H34ClFN6O4S. The molecule has 4 N–H and O–H groups in total. The van der Waals surface area contributed by atoms with E-state index in [1.807, 2.05) is 16.8 Å². The Morgan fingerprint density at radius 2 is 1.97 bits per heavy atom. The summed E-state index contributed by atoms with van der Waals surface area (Å²) in [6.45, 7) is 1.09. The van der Waals surface area contributed by atoms with Crippen LogP contribution >= 0.6 is 22.9 Å². The van der Waals surface area contributed by atoms with E-state index in [4.69, 9.17) is 21.1 Å². The first-order valence-corrected chi connectivity index (χ1v) is 14.4. The van der Waals surface area contributed by atoms with Crippen molar-refractivity contribution in [2.75, 3.05) is 30.4 Å². The number of thiophene rings is 1. The van der Waals surface area contributed by atoms with Crippen molar-refractivity contribution in [1.29, 1.82) is 0 Å². The van der Waals surface area contributed by atoms with E-state index in [0.717, 1.165) is 44.1 Å². The molecule has 208 valence electrons. The number of hydrogen-bond donors (Lipinski definition) is 4. The lowest BCUT2D eigenvalue weighted by atomic mass is 9.92. The SMILES string of the molecule is O=C(NC[C@@H](CC1CCCC1)C(=O)NNc1nc(Cl)nc(NCCc2ccsc2)c1F)OC1CCCCO1. The highest BCUT2D eigenvalue weighted by molar-refractivity contribution is 7.07. The molecular weight excluding hydrogens is 535 g/mol. The number of hydrazine groups is 1. The van der Waals surface area contributed by atoms with Crippen LogP contribution in [0.25, 0.3) is 0 Å².